The van der Waals surface area contributed by atoms with Gasteiger partial charge in [-0.1, -0.05) is 0 Å². The summed E-state index contributed by atoms with van der Waals surface area (Å²) in [4.78, 5) is 11.6. The Morgan fingerprint density at radius 2 is 2.21 bits per heavy atom. The van der Waals surface area contributed by atoms with Crippen molar-refractivity contribution in [3.8, 4) is 0 Å². The molecule has 72 valence electrons. The maximum atomic E-state index is 10.4. The largest absolute Gasteiger partial charge is 0.458 e. The van der Waals surface area contributed by atoms with Gasteiger partial charge in [0.05, 0.1) is 3.79 Å². The average Bonchev–Trinajstić information content (AvgIpc) is 2.76. The van der Waals surface area contributed by atoms with E-state index in [0.29, 0.717) is 12.0 Å². The monoisotopic (exact) mass is 270 g/mol. The van der Waals surface area contributed by atoms with Gasteiger partial charge >= 0.3 is 0 Å². The maximum absolute atomic E-state index is 10.4. The molecule has 0 spiro atoms. The van der Waals surface area contributed by atoms with Gasteiger partial charge in [0, 0.05) is 11.3 Å². The van der Waals surface area contributed by atoms with Gasteiger partial charge in [-0.25, -0.2) is 0 Å². The van der Waals surface area contributed by atoms with Crippen molar-refractivity contribution in [2.24, 2.45) is 0 Å². The fourth-order valence-corrected chi connectivity index (χ4v) is 2.66. The van der Waals surface area contributed by atoms with Crippen molar-refractivity contribution >= 4 is 33.6 Å². The lowest BCUT2D eigenvalue weighted by Gasteiger charge is -1.91. The number of rotatable bonds is 3. The first kappa shape index (κ1) is 9.68. The number of halogens is 1. The molecular formula is C10H7BrO2S. The molecule has 14 heavy (non-hydrogen) atoms. The molecule has 2 aromatic rings. The van der Waals surface area contributed by atoms with Crippen LogP contribution in [0.25, 0.3) is 0 Å². The lowest BCUT2D eigenvalue weighted by atomic mass is 10.3. The molecule has 0 aliphatic heterocycles. The number of hydrogen-bond acceptors (Lipinski definition) is 3. The van der Waals surface area contributed by atoms with Crippen molar-refractivity contribution in [3.63, 3.8) is 0 Å². The van der Waals surface area contributed by atoms with Crippen LogP contribution in [-0.2, 0) is 6.42 Å². The van der Waals surface area contributed by atoms with Crippen LogP contribution < -0.4 is 0 Å². The first-order valence-corrected chi connectivity index (χ1v) is 5.67. The third-order valence-corrected chi connectivity index (χ3v) is 3.40. The third-order valence-electron chi connectivity index (χ3n) is 1.78. The summed E-state index contributed by atoms with van der Waals surface area (Å²) in [6.07, 6.45) is 1.46. The molecule has 2 aromatic heterocycles. The quantitative estimate of drug-likeness (QED) is 0.800. The van der Waals surface area contributed by atoms with Crippen LogP contribution in [0.4, 0.5) is 0 Å². The lowest BCUT2D eigenvalue weighted by molar-refractivity contribution is 0.109. The van der Waals surface area contributed by atoms with E-state index in [2.05, 4.69) is 15.9 Å². The minimum atomic E-state index is 0.385. The maximum Gasteiger partial charge on any atom is 0.185 e. The molecule has 2 heterocycles. The van der Waals surface area contributed by atoms with Gasteiger partial charge in [0.2, 0.25) is 0 Å². The van der Waals surface area contributed by atoms with Gasteiger partial charge in [-0.05, 0) is 40.2 Å². The first-order chi connectivity index (χ1) is 6.78. The molecule has 0 aliphatic rings. The molecule has 0 fully saturated rings. The Bertz CT molecular complexity index is 444. The highest BCUT2D eigenvalue weighted by atomic mass is 79.9. The SMILES string of the molecule is O=Cc1ccc(Cc2ccc(Br)s2)o1. The fraction of sp³-hybridized carbons (Fsp3) is 0.100. The first-order valence-electron chi connectivity index (χ1n) is 4.06. The Morgan fingerprint density at radius 3 is 2.79 bits per heavy atom. The van der Waals surface area contributed by atoms with Crippen LogP contribution in [0.2, 0.25) is 0 Å². The minimum Gasteiger partial charge on any atom is -0.458 e. The number of aldehydes is 1. The minimum absolute atomic E-state index is 0.385. The molecule has 0 aliphatic carbocycles. The molecule has 0 saturated carbocycles. The lowest BCUT2D eigenvalue weighted by Crippen LogP contribution is -1.79. The summed E-state index contributed by atoms with van der Waals surface area (Å²) >= 11 is 5.06. The summed E-state index contributed by atoms with van der Waals surface area (Å²) in [6.45, 7) is 0. The summed E-state index contributed by atoms with van der Waals surface area (Å²) < 4.78 is 6.38. The van der Waals surface area contributed by atoms with Crippen molar-refractivity contribution in [3.05, 3.63) is 44.4 Å². The van der Waals surface area contributed by atoms with Crippen molar-refractivity contribution < 1.29 is 9.21 Å². The second-order valence-electron chi connectivity index (χ2n) is 2.80. The van der Waals surface area contributed by atoms with Gasteiger partial charge in [-0.3, -0.25) is 4.79 Å². The van der Waals surface area contributed by atoms with Crippen molar-refractivity contribution in [2.75, 3.05) is 0 Å². The average molecular weight is 271 g/mol. The molecule has 0 atom stereocenters. The van der Waals surface area contributed by atoms with E-state index in [1.807, 2.05) is 18.2 Å². The fourth-order valence-electron chi connectivity index (χ4n) is 1.17. The van der Waals surface area contributed by atoms with Crippen molar-refractivity contribution in [1.29, 1.82) is 0 Å². The zero-order valence-electron chi connectivity index (χ0n) is 7.20. The van der Waals surface area contributed by atoms with Gasteiger partial charge in [-0.2, -0.15) is 0 Å². The summed E-state index contributed by atoms with van der Waals surface area (Å²) in [5.41, 5.74) is 0. The number of thiophene rings is 1. The molecule has 0 bridgehead atoms. The highest BCUT2D eigenvalue weighted by Gasteiger charge is 2.04. The van der Waals surface area contributed by atoms with E-state index >= 15 is 0 Å². The van der Waals surface area contributed by atoms with E-state index in [9.17, 15) is 4.79 Å². The van der Waals surface area contributed by atoms with Crippen molar-refractivity contribution in [1.82, 2.24) is 0 Å². The molecule has 0 N–H and O–H groups in total. The smallest absolute Gasteiger partial charge is 0.185 e. The molecular weight excluding hydrogens is 264 g/mol. The summed E-state index contributed by atoms with van der Waals surface area (Å²) in [6, 6.07) is 7.56. The van der Waals surface area contributed by atoms with E-state index in [1.54, 1.807) is 17.4 Å². The number of carbonyl (C=O) groups excluding carboxylic acids is 1. The molecule has 0 aromatic carbocycles. The normalized spacial score (nSPS) is 10.4. The van der Waals surface area contributed by atoms with Gasteiger partial charge < -0.3 is 4.42 Å². The van der Waals surface area contributed by atoms with Crippen LogP contribution >= 0.6 is 27.3 Å². The van der Waals surface area contributed by atoms with Crippen molar-refractivity contribution in [2.45, 2.75) is 6.42 Å². The molecule has 0 radical (unpaired) electrons. The zero-order chi connectivity index (χ0) is 9.97. The van der Waals surface area contributed by atoms with Crippen LogP contribution in [-0.4, -0.2) is 6.29 Å². The van der Waals surface area contributed by atoms with Gasteiger partial charge in [0.1, 0.15) is 5.76 Å². The molecule has 0 amide bonds. The Balaban J connectivity index is 2.14. The number of carbonyl (C=O) groups is 1. The second-order valence-corrected chi connectivity index (χ2v) is 5.35. The predicted molar refractivity (Wildman–Crippen MR) is 58.9 cm³/mol. The van der Waals surface area contributed by atoms with E-state index < -0.39 is 0 Å². The Kier molecular flexibility index (Phi) is 2.84. The Hall–Kier alpha value is -0.870. The molecule has 2 nitrogen and oxygen atoms in total. The van der Waals surface area contributed by atoms with E-state index in [4.69, 9.17) is 4.42 Å². The Morgan fingerprint density at radius 1 is 1.36 bits per heavy atom. The van der Waals surface area contributed by atoms with Crippen LogP contribution in [0.1, 0.15) is 21.2 Å². The molecule has 4 heteroatoms. The van der Waals surface area contributed by atoms with Gasteiger partial charge in [0.25, 0.3) is 0 Å². The summed E-state index contributed by atoms with van der Waals surface area (Å²) in [7, 11) is 0. The topological polar surface area (TPSA) is 30.2 Å². The predicted octanol–water partition coefficient (Wildman–Crippen LogP) is 3.51. The van der Waals surface area contributed by atoms with E-state index in [0.717, 1.165) is 16.0 Å². The molecule has 0 saturated heterocycles. The second kappa shape index (κ2) is 4.11. The van der Waals surface area contributed by atoms with Gasteiger partial charge in [-0.15, -0.1) is 11.3 Å². The van der Waals surface area contributed by atoms with E-state index in [-0.39, 0.29) is 0 Å². The Labute approximate surface area is 93.7 Å². The number of furan rings is 1. The highest BCUT2D eigenvalue weighted by molar-refractivity contribution is 9.11. The molecule has 0 unspecified atom stereocenters. The van der Waals surface area contributed by atoms with Gasteiger partial charge in [0.15, 0.2) is 12.0 Å². The molecule has 2 rings (SSSR count). The zero-order valence-corrected chi connectivity index (χ0v) is 9.60. The van der Waals surface area contributed by atoms with Crippen LogP contribution in [0.3, 0.4) is 0 Å². The van der Waals surface area contributed by atoms with Crippen LogP contribution in [0, 0.1) is 0 Å². The van der Waals surface area contributed by atoms with Crippen LogP contribution in [0.15, 0.2) is 32.5 Å². The van der Waals surface area contributed by atoms with E-state index in [1.165, 1.54) is 4.88 Å². The summed E-state index contributed by atoms with van der Waals surface area (Å²) in [5, 5.41) is 0. The third kappa shape index (κ3) is 2.13. The van der Waals surface area contributed by atoms with Crippen LogP contribution in [0.5, 0.6) is 0 Å². The summed E-state index contributed by atoms with van der Waals surface area (Å²) in [5.74, 6) is 1.21. The number of hydrogen-bond donors (Lipinski definition) is 0. The highest BCUT2D eigenvalue weighted by Crippen LogP contribution is 2.24. The standard InChI is InChI=1S/C10H7BrO2S/c11-10-4-3-9(14-10)5-7-1-2-8(6-12)13-7/h1-4,6H,5H2.